The van der Waals surface area contributed by atoms with E-state index in [1.165, 1.54) is 5.56 Å². The molecule has 0 radical (unpaired) electrons. The maximum Gasteiger partial charge on any atom is 0.329 e. The van der Waals surface area contributed by atoms with Gasteiger partial charge in [0.25, 0.3) is 0 Å². The van der Waals surface area contributed by atoms with Crippen LogP contribution in [0.2, 0.25) is 5.02 Å². The average molecular weight is 544 g/mol. The molecule has 0 saturated carbocycles. The summed E-state index contributed by atoms with van der Waals surface area (Å²) in [5.74, 6) is 0.376. The molecule has 1 amide bonds. The van der Waals surface area contributed by atoms with Crippen molar-refractivity contribution in [2.75, 3.05) is 26.2 Å². The summed E-state index contributed by atoms with van der Waals surface area (Å²) in [6, 6.07) is 19.8. The van der Waals surface area contributed by atoms with Crippen molar-refractivity contribution in [2.24, 2.45) is 5.92 Å². The van der Waals surface area contributed by atoms with E-state index < -0.39 is 0 Å². The van der Waals surface area contributed by atoms with Gasteiger partial charge in [0.05, 0.1) is 17.6 Å². The Morgan fingerprint density at radius 3 is 2.21 bits per heavy atom. The van der Waals surface area contributed by atoms with E-state index in [0.29, 0.717) is 24.7 Å². The topological polar surface area (TPSA) is 63.4 Å². The number of benzene rings is 2. The van der Waals surface area contributed by atoms with E-state index in [0.717, 1.165) is 61.9 Å². The number of rotatable bonds is 6. The molecule has 2 fully saturated rings. The van der Waals surface area contributed by atoms with Crippen LogP contribution in [-0.4, -0.2) is 56.0 Å². The largest absolute Gasteiger partial charge is 0.342 e. The third-order valence-corrected chi connectivity index (χ3v) is 8.76. The number of carbonyl (C=O) groups excluding carboxylic acids is 1. The molecule has 0 spiro atoms. The summed E-state index contributed by atoms with van der Waals surface area (Å²) < 4.78 is 3.78. The summed E-state index contributed by atoms with van der Waals surface area (Å²) in [4.78, 5) is 35.7. The minimum Gasteiger partial charge on any atom is -0.342 e. The van der Waals surface area contributed by atoms with Crippen molar-refractivity contribution in [1.82, 2.24) is 23.9 Å². The second kappa shape index (κ2) is 11.4. The number of halogens is 1. The van der Waals surface area contributed by atoms with Crippen molar-refractivity contribution in [3.05, 3.63) is 99.7 Å². The van der Waals surface area contributed by atoms with Crippen LogP contribution in [0.15, 0.2) is 77.9 Å². The zero-order valence-corrected chi connectivity index (χ0v) is 22.8. The number of fused-ring (bicyclic) bond motifs is 1. The monoisotopic (exact) mass is 543 g/mol. The number of piperidine rings is 2. The van der Waals surface area contributed by atoms with Crippen molar-refractivity contribution < 1.29 is 4.79 Å². The maximum absolute atomic E-state index is 13.7. The van der Waals surface area contributed by atoms with Gasteiger partial charge in [-0.15, -0.1) is 0 Å². The molecule has 2 aliphatic heterocycles. The zero-order valence-electron chi connectivity index (χ0n) is 22.1. The molecule has 6 rings (SSSR count). The molecule has 8 heteroatoms. The Bertz CT molecular complexity index is 1500. The molecule has 0 atom stereocenters. The fourth-order valence-electron chi connectivity index (χ4n) is 6.22. The predicted molar refractivity (Wildman–Crippen MR) is 154 cm³/mol. The number of para-hydroxylation sites is 2. The van der Waals surface area contributed by atoms with E-state index >= 15 is 0 Å². The molecule has 2 aromatic carbocycles. The zero-order chi connectivity index (χ0) is 26.8. The summed E-state index contributed by atoms with van der Waals surface area (Å²) in [6.07, 6.45) is 7.04. The molecule has 2 aromatic heterocycles. The predicted octanol–water partition coefficient (Wildman–Crippen LogP) is 4.98. The summed E-state index contributed by atoms with van der Waals surface area (Å²) in [5.41, 5.74) is 4.04. The summed E-state index contributed by atoms with van der Waals surface area (Å²) in [5, 5.41) is 0.663. The van der Waals surface area contributed by atoms with E-state index in [2.05, 4.69) is 22.0 Å². The molecule has 0 unspecified atom stereocenters. The van der Waals surface area contributed by atoms with Gasteiger partial charge in [-0.3, -0.25) is 23.8 Å². The first-order valence-electron chi connectivity index (χ1n) is 13.9. The van der Waals surface area contributed by atoms with Crippen LogP contribution in [0.5, 0.6) is 0 Å². The van der Waals surface area contributed by atoms with Crippen molar-refractivity contribution in [2.45, 2.75) is 44.8 Å². The van der Waals surface area contributed by atoms with Gasteiger partial charge in [0.2, 0.25) is 5.91 Å². The molecular formula is C31H34ClN5O2. The standard InChI is InChI=1S/C31H34ClN5O2/c32-27-6-2-1-5-25(27)22-36-28-7-3-4-8-29(28)37(31(36)39)26-13-19-35(20-14-26)30(38)24-11-17-34(18-12-24)21-23-9-15-33-16-10-23/h1-10,15-16,24,26H,11-14,17-22H2. The molecule has 0 aliphatic carbocycles. The van der Waals surface area contributed by atoms with Crippen molar-refractivity contribution in [1.29, 1.82) is 0 Å². The lowest BCUT2D eigenvalue weighted by atomic mass is 9.93. The van der Waals surface area contributed by atoms with Gasteiger partial charge < -0.3 is 4.90 Å². The highest BCUT2D eigenvalue weighted by atomic mass is 35.5. The Labute approximate surface area is 233 Å². The highest BCUT2D eigenvalue weighted by Gasteiger charge is 2.32. The molecule has 0 N–H and O–H groups in total. The van der Waals surface area contributed by atoms with Crippen LogP contribution in [-0.2, 0) is 17.9 Å². The third-order valence-electron chi connectivity index (χ3n) is 8.39. The maximum atomic E-state index is 13.7. The Kier molecular flexibility index (Phi) is 7.53. The third kappa shape index (κ3) is 5.38. The number of amides is 1. The fourth-order valence-corrected chi connectivity index (χ4v) is 6.42. The van der Waals surface area contributed by atoms with Crippen molar-refractivity contribution in [3.8, 4) is 0 Å². The number of aromatic nitrogens is 3. The number of pyridine rings is 1. The molecule has 4 aromatic rings. The molecule has 39 heavy (non-hydrogen) atoms. The first kappa shape index (κ1) is 25.8. The van der Waals surface area contributed by atoms with Gasteiger partial charge in [-0.25, -0.2) is 4.79 Å². The van der Waals surface area contributed by atoms with Crippen LogP contribution in [0.3, 0.4) is 0 Å². The minimum absolute atomic E-state index is 0.0116. The van der Waals surface area contributed by atoms with Crippen molar-refractivity contribution in [3.63, 3.8) is 0 Å². The molecular weight excluding hydrogens is 510 g/mol. The Balaban J connectivity index is 1.11. The number of likely N-dealkylation sites (tertiary alicyclic amines) is 2. The summed E-state index contributed by atoms with van der Waals surface area (Å²) in [6.45, 7) is 4.61. The Morgan fingerprint density at radius 2 is 1.49 bits per heavy atom. The smallest absolute Gasteiger partial charge is 0.329 e. The molecule has 202 valence electrons. The van der Waals surface area contributed by atoms with Gasteiger partial charge in [0.15, 0.2) is 0 Å². The fraction of sp³-hybridized carbons (Fsp3) is 0.387. The summed E-state index contributed by atoms with van der Waals surface area (Å²) >= 11 is 6.42. The van der Waals surface area contributed by atoms with Crippen LogP contribution in [0.4, 0.5) is 0 Å². The van der Waals surface area contributed by atoms with E-state index in [1.54, 1.807) is 0 Å². The molecule has 4 heterocycles. The highest BCUT2D eigenvalue weighted by molar-refractivity contribution is 6.31. The summed E-state index contributed by atoms with van der Waals surface area (Å²) in [7, 11) is 0. The molecule has 2 aliphatic rings. The Morgan fingerprint density at radius 1 is 0.821 bits per heavy atom. The minimum atomic E-state index is -0.0116. The number of hydrogen-bond acceptors (Lipinski definition) is 4. The Hall–Kier alpha value is -3.42. The van der Waals surface area contributed by atoms with Crippen LogP contribution in [0, 0.1) is 5.92 Å². The molecule has 2 saturated heterocycles. The van der Waals surface area contributed by atoms with E-state index in [1.807, 2.05) is 75.0 Å². The first-order valence-corrected chi connectivity index (χ1v) is 14.3. The van der Waals surface area contributed by atoms with Crippen LogP contribution in [0.1, 0.15) is 42.9 Å². The van der Waals surface area contributed by atoms with Gasteiger partial charge in [0, 0.05) is 49.0 Å². The quantitative estimate of drug-likeness (QED) is 0.344. The van der Waals surface area contributed by atoms with Gasteiger partial charge in [-0.05, 0) is 80.2 Å². The second-order valence-electron chi connectivity index (χ2n) is 10.8. The van der Waals surface area contributed by atoms with Crippen molar-refractivity contribution >= 4 is 28.5 Å². The highest BCUT2D eigenvalue weighted by Crippen LogP contribution is 2.29. The van der Waals surface area contributed by atoms with Gasteiger partial charge in [0.1, 0.15) is 0 Å². The number of hydrogen-bond donors (Lipinski definition) is 0. The average Bonchev–Trinajstić information content (AvgIpc) is 3.25. The van der Waals surface area contributed by atoms with E-state index in [4.69, 9.17) is 11.6 Å². The second-order valence-corrected chi connectivity index (χ2v) is 11.2. The van der Waals surface area contributed by atoms with Gasteiger partial charge >= 0.3 is 5.69 Å². The van der Waals surface area contributed by atoms with E-state index in [-0.39, 0.29) is 23.6 Å². The number of nitrogens with zero attached hydrogens (tertiary/aromatic N) is 5. The van der Waals surface area contributed by atoms with Gasteiger partial charge in [-0.1, -0.05) is 41.9 Å². The lowest BCUT2D eigenvalue weighted by Crippen LogP contribution is -2.46. The van der Waals surface area contributed by atoms with Gasteiger partial charge in [-0.2, -0.15) is 0 Å². The molecule has 0 bridgehead atoms. The first-order chi connectivity index (χ1) is 19.1. The number of imidazole rings is 1. The van der Waals surface area contributed by atoms with Crippen LogP contribution < -0.4 is 5.69 Å². The van der Waals surface area contributed by atoms with E-state index in [9.17, 15) is 9.59 Å². The van der Waals surface area contributed by atoms with Crippen LogP contribution >= 0.6 is 11.6 Å². The molecule has 7 nitrogen and oxygen atoms in total. The SMILES string of the molecule is O=C(C1CCN(Cc2ccncc2)CC1)N1CCC(n2c(=O)n(Cc3ccccc3Cl)c3ccccc32)CC1. The lowest BCUT2D eigenvalue weighted by Gasteiger charge is -2.37. The lowest BCUT2D eigenvalue weighted by molar-refractivity contribution is -0.138. The number of carbonyl (C=O) groups is 1. The normalized spacial score (nSPS) is 17.6. The van der Waals surface area contributed by atoms with Crippen LogP contribution in [0.25, 0.3) is 11.0 Å².